The van der Waals surface area contributed by atoms with E-state index in [9.17, 15) is 9.59 Å². The molecule has 0 aliphatic carbocycles. The molecule has 22 heavy (non-hydrogen) atoms. The smallest absolute Gasteiger partial charge is 0.256 e. The van der Waals surface area contributed by atoms with Gasteiger partial charge >= 0.3 is 0 Å². The zero-order chi connectivity index (χ0) is 15.7. The molecule has 5 nitrogen and oxygen atoms in total. The minimum atomic E-state index is -0.226. The highest BCUT2D eigenvalue weighted by Crippen LogP contribution is 2.21. The molecule has 0 atom stereocenters. The SMILES string of the molecule is Cc1cc(=O)[nH]c2ccc(NC(=O)c3ccncc3Br)cc12. The Hall–Kier alpha value is -2.47. The molecule has 1 amide bonds. The number of hydrogen-bond acceptors (Lipinski definition) is 3. The number of amides is 1. The standard InChI is InChI=1S/C16H12BrN3O2/c1-9-6-15(21)20-14-3-2-10(7-12(9)14)19-16(22)11-4-5-18-8-13(11)17/h2-8H,1H3,(H,19,22)(H,20,21). The maximum atomic E-state index is 12.3. The molecule has 1 aromatic carbocycles. The lowest BCUT2D eigenvalue weighted by Crippen LogP contribution is -2.13. The first kappa shape index (κ1) is 14.5. The van der Waals surface area contributed by atoms with Crippen molar-refractivity contribution in [1.82, 2.24) is 9.97 Å². The molecular formula is C16H12BrN3O2. The third-order valence-electron chi connectivity index (χ3n) is 3.32. The highest BCUT2D eigenvalue weighted by Gasteiger charge is 2.10. The first-order chi connectivity index (χ1) is 10.5. The maximum absolute atomic E-state index is 12.3. The summed E-state index contributed by atoms with van der Waals surface area (Å²) in [5.41, 5.74) is 2.64. The molecule has 0 aliphatic heterocycles. The van der Waals surface area contributed by atoms with E-state index in [0.717, 1.165) is 16.5 Å². The summed E-state index contributed by atoms with van der Waals surface area (Å²) in [5, 5.41) is 3.74. The molecule has 3 rings (SSSR count). The zero-order valence-electron chi connectivity index (χ0n) is 11.7. The third-order valence-corrected chi connectivity index (χ3v) is 3.96. The second-order valence-electron chi connectivity index (χ2n) is 4.89. The van der Waals surface area contributed by atoms with E-state index in [2.05, 4.69) is 31.2 Å². The predicted octanol–water partition coefficient (Wildman–Crippen LogP) is 3.25. The van der Waals surface area contributed by atoms with E-state index < -0.39 is 0 Å². The minimum Gasteiger partial charge on any atom is -0.322 e. The van der Waals surface area contributed by atoms with Gasteiger partial charge in [-0.3, -0.25) is 14.6 Å². The first-order valence-electron chi connectivity index (χ1n) is 6.59. The van der Waals surface area contributed by atoms with Gasteiger partial charge in [-0.05, 0) is 52.7 Å². The molecule has 0 saturated heterocycles. The molecule has 2 aromatic heterocycles. The van der Waals surface area contributed by atoms with E-state index in [0.29, 0.717) is 15.7 Å². The first-order valence-corrected chi connectivity index (χ1v) is 7.38. The Morgan fingerprint density at radius 1 is 1.27 bits per heavy atom. The van der Waals surface area contributed by atoms with Crippen LogP contribution in [0, 0.1) is 6.92 Å². The lowest BCUT2D eigenvalue weighted by molar-refractivity contribution is 0.102. The van der Waals surface area contributed by atoms with Crippen LogP contribution in [0.3, 0.4) is 0 Å². The summed E-state index contributed by atoms with van der Waals surface area (Å²) < 4.78 is 0.633. The number of hydrogen-bond donors (Lipinski definition) is 2. The van der Waals surface area contributed by atoms with Gasteiger partial charge in [-0.2, -0.15) is 0 Å². The van der Waals surface area contributed by atoms with Gasteiger partial charge in [0.2, 0.25) is 5.56 Å². The Balaban J connectivity index is 1.96. The number of nitrogens with zero attached hydrogens (tertiary/aromatic N) is 1. The fraction of sp³-hybridized carbons (Fsp3) is 0.0625. The van der Waals surface area contributed by atoms with E-state index in [1.807, 2.05) is 13.0 Å². The molecule has 0 fully saturated rings. The summed E-state index contributed by atoms with van der Waals surface area (Å²) >= 11 is 3.31. The number of nitrogens with one attached hydrogen (secondary N) is 2. The highest BCUT2D eigenvalue weighted by atomic mass is 79.9. The van der Waals surface area contributed by atoms with Gasteiger partial charge < -0.3 is 10.3 Å². The van der Waals surface area contributed by atoms with E-state index in [4.69, 9.17) is 0 Å². The minimum absolute atomic E-state index is 0.137. The summed E-state index contributed by atoms with van der Waals surface area (Å²) in [6.07, 6.45) is 3.14. The third kappa shape index (κ3) is 2.78. The molecule has 110 valence electrons. The van der Waals surface area contributed by atoms with Gasteiger partial charge in [0.05, 0.1) is 5.56 Å². The molecule has 6 heteroatoms. The largest absolute Gasteiger partial charge is 0.322 e. The molecule has 0 aliphatic rings. The van der Waals surface area contributed by atoms with Crippen LogP contribution in [-0.2, 0) is 0 Å². The molecular weight excluding hydrogens is 346 g/mol. The summed E-state index contributed by atoms with van der Waals surface area (Å²) in [7, 11) is 0. The van der Waals surface area contributed by atoms with Crippen molar-refractivity contribution in [1.29, 1.82) is 0 Å². The van der Waals surface area contributed by atoms with Crippen molar-refractivity contribution in [3.05, 3.63) is 68.7 Å². The number of aromatic nitrogens is 2. The molecule has 0 saturated carbocycles. The van der Waals surface area contributed by atoms with Crippen LogP contribution >= 0.6 is 15.9 Å². The normalized spacial score (nSPS) is 10.6. The highest BCUT2D eigenvalue weighted by molar-refractivity contribution is 9.10. The van der Waals surface area contributed by atoms with Crippen molar-refractivity contribution in [2.75, 3.05) is 5.32 Å². The van der Waals surface area contributed by atoms with E-state index in [-0.39, 0.29) is 11.5 Å². The number of carbonyl (C=O) groups is 1. The second kappa shape index (κ2) is 5.73. The number of aromatic amines is 1. The van der Waals surface area contributed by atoms with Crippen molar-refractivity contribution in [2.24, 2.45) is 0 Å². The maximum Gasteiger partial charge on any atom is 0.256 e. The van der Waals surface area contributed by atoms with Crippen LogP contribution in [0.4, 0.5) is 5.69 Å². The van der Waals surface area contributed by atoms with Crippen LogP contribution in [-0.4, -0.2) is 15.9 Å². The lowest BCUT2D eigenvalue weighted by atomic mass is 10.1. The van der Waals surface area contributed by atoms with Crippen molar-refractivity contribution < 1.29 is 4.79 Å². The average Bonchev–Trinajstić information content (AvgIpc) is 2.48. The monoisotopic (exact) mass is 357 g/mol. The second-order valence-corrected chi connectivity index (χ2v) is 5.74. The molecule has 2 N–H and O–H groups in total. The summed E-state index contributed by atoms with van der Waals surface area (Å²) in [6.45, 7) is 1.86. The summed E-state index contributed by atoms with van der Waals surface area (Å²) in [5.74, 6) is -0.226. The number of rotatable bonds is 2. The molecule has 0 unspecified atom stereocenters. The number of halogens is 1. The van der Waals surface area contributed by atoms with Gasteiger partial charge in [0, 0.05) is 39.5 Å². The van der Waals surface area contributed by atoms with Gasteiger partial charge in [-0.1, -0.05) is 0 Å². The predicted molar refractivity (Wildman–Crippen MR) is 89.2 cm³/mol. The molecule has 0 bridgehead atoms. The van der Waals surface area contributed by atoms with Crippen molar-refractivity contribution >= 4 is 38.4 Å². The topological polar surface area (TPSA) is 74.8 Å². The number of pyridine rings is 2. The van der Waals surface area contributed by atoms with Crippen LogP contribution in [0.25, 0.3) is 10.9 Å². The van der Waals surface area contributed by atoms with Crippen molar-refractivity contribution in [3.8, 4) is 0 Å². The summed E-state index contributed by atoms with van der Waals surface area (Å²) in [6, 6.07) is 8.55. The molecule has 2 heterocycles. The molecule has 0 spiro atoms. The fourth-order valence-corrected chi connectivity index (χ4v) is 2.69. The van der Waals surface area contributed by atoms with Crippen LogP contribution in [0.15, 0.2) is 52.0 Å². The van der Waals surface area contributed by atoms with Gasteiger partial charge in [-0.15, -0.1) is 0 Å². The van der Waals surface area contributed by atoms with Gasteiger partial charge in [0.15, 0.2) is 0 Å². The Morgan fingerprint density at radius 3 is 2.86 bits per heavy atom. The fourth-order valence-electron chi connectivity index (χ4n) is 2.26. The Kier molecular flexibility index (Phi) is 3.77. The number of aryl methyl sites for hydroxylation is 1. The van der Waals surface area contributed by atoms with Crippen molar-refractivity contribution in [3.63, 3.8) is 0 Å². The van der Waals surface area contributed by atoms with Crippen LogP contribution in [0.5, 0.6) is 0 Å². The number of fused-ring (bicyclic) bond motifs is 1. The Labute approximate surface area is 134 Å². The van der Waals surface area contributed by atoms with Gasteiger partial charge in [-0.25, -0.2) is 0 Å². The number of benzene rings is 1. The van der Waals surface area contributed by atoms with E-state index in [1.165, 1.54) is 6.07 Å². The number of H-pyrrole nitrogens is 1. The Bertz CT molecular complexity index is 934. The number of carbonyl (C=O) groups excluding carboxylic acids is 1. The van der Waals surface area contributed by atoms with Gasteiger partial charge in [0.1, 0.15) is 0 Å². The van der Waals surface area contributed by atoms with E-state index >= 15 is 0 Å². The lowest BCUT2D eigenvalue weighted by Gasteiger charge is -2.08. The molecule has 0 radical (unpaired) electrons. The average molecular weight is 358 g/mol. The number of anilines is 1. The Morgan fingerprint density at radius 2 is 2.09 bits per heavy atom. The summed E-state index contributed by atoms with van der Waals surface area (Å²) in [4.78, 5) is 30.4. The van der Waals surface area contributed by atoms with Crippen LogP contribution in [0.1, 0.15) is 15.9 Å². The van der Waals surface area contributed by atoms with Crippen molar-refractivity contribution in [2.45, 2.75) is 6.92 Å². The quantitative estimate of drug-likeness (QED) is 0.739. The van der Waals surface area contributed by atoms with Crippen LogP contribution in [0.2, 0.25) is 0 Å². The zero-order valence-corrected chi connectivity index (χ0v) is 13.3. The van der Waals surface area contributed by atoms with E-state index in [1.54, 1.807) is 30.6 Å². The molecule has 3 aromatic rings. The van der Waals surface area contributed by atoms with Gasteiger partial charge in [0.25, 0.3) is 5.91 Å². The van der Waals surface area contributed by atoms with Crippen LogP contribution < -0.4 is 10.9 Å².